The van der Waals surface area contributed by atoms with Crippen molar-refractivity contribution in [1.82, 2.24) is 0 Å². The standard InChI is InChI=1S/C7H11P2/c1-8-6-3-4-7(5-6)9-2/h3-5,8-9H,1-2H3. The molecule has 1 rings (SSSR count). The van der Waals surface area contributed by atoms with E-state index in [1.807, 2.05) is 0 Å². The molecule has 0 spiro atoms. The molecular formula is C7H11P2. The minimum Gasteiger partial charge on any atom is -0.0973 e. The Bertz CT molecular complexity index is 156. The fraction of sp³-hybridized carbons (Fsp3) is 0.286. The van der Waals surface area contributed by atoms with Crippen molar-refractivity contribution in [3.8, 4) is 0 Å². The van der Waals surface area contributed by atoms with Crippen molar-refractivity contribution < 1.29 is 0 Å². The molecule has 9 heavy (non-hydrogen) atoms. The van der Waals surface area contributed by atoms with Gasteiger partial charge in [-0.1, -0.05) is 29.3 Å². The minimum atomic E-state index is 0.958. The molecule has 2 heteroatoms. The van der Waals surface area contributed by atoms with E-state index in [2.05, 4.69) is 31.9 Å². The fourth-order valence-corrected chi connectivity index (χ4v) is 2.00. The van der Waals surface area contributed by atoms with Crippen LogP contribution >= 0.6 is 17.2 Å². The molecule has 0 saturated carbocycles. The van der Waals surface area contributed by atoms with Crippen LogP contribution in [0.4, 0.5) is 0 Å². The number of hydrogen-bond donors (Lipinski definition) is 0. The van der Waals surface area contributed by atoms with Gasteiger partial charge in [-0.2, -0.15) is 0 Å². The molecular weight excluding hydrogens is 146 g/mol. The van der Waals surface area contributed by atoms with E-state index in [0.29, 0.717) is 0 Å². The van der Waals surface area contributed by atoms with Gasteiger partial charge in [0.15, 0.2) is 0 Å². The summed E-state index contributed by atoms with van der Waals surface area (Å²) in [6.07, 6.45) is 6.76. The van der Waals surface area contributed by atoms with Gasteiger partial charge in [0.05, 0.1) is 0 Å². The molecule has 0 bridgehead atoms. The lowest BCUT2D eigenvalue weighted by atomic mass is 10.5. The summed E-state index contributed by atoms with van der Waals surface area (Å²) in [6.45, 7) is 4.44. The van der Waals surface area contributed by atoms with Crippen molar-refractivity contribution in [3.05, 3.63) is 29.2 Å². The van der Waals surface area contributed by atoms with Crippen LogP contribution in [-0.4, -0.2) is 13.3 Å². The summed E-state index contributed by atoms with van der Waals surface area (Å²) in [5, 5.41) is 3.00. The number of allylic oxidation sites excluding steroid dienone is 4. The van der Waals surface area contributed by atoms with Gasteiger partial charge in [-0.15, -0.1) is 0 Å². The highest BCUT2D eigenvalue weighted by Gasteiger charge is 2.01. The third kappa shape index (κ3) is 1.88. The van der Waals surface area contributed by atoms with Crippen molar-refractivity contribution in [2.45, 2.75) is 0 Å². The fourth-order valence-electron chi connectivity index (χ4n) is 0.754. The van der Waals surface area contributed by atoms with Gasteiger partial charge in [0.1, 0.15) is 0 Å². The topological polar surface area (TPSA) is 0 Å². The normalized spacial score (nSPS) is 20.2. The molecule has 0 aliphatic heterocycles. The highest BCUT2D eigenvalue weighted by molar-refractivity contribution is 7.44. The maximum Gasteiger partial charge on any atom is 0.0133 e. The summed E-state index contributed by atoms with van der Waals surface area (Å²) in [7, 11) is 1.92. The second-order valence-electron chi connectivity index (χ2n) is 1.89. The Balaban J connectivity index is 2.52. The molecule has 0 saturated heterocycles. The molecule has 0 fully saturated rings. The first-order valence-corrected chi connectivity index (χ1v) is 5.99. The first-order chi connectivity index (χ1) is 4.36. The minimum absolute atomic E-state index is 0.958. The monoisotopic (exact) mass is 157 g/mol. The Hall–Kier alpha value is 0.340. The SMILES string of the molecule is CPC1=CC(PC)=C[CH]1. The molecule has 0 aromatic heterocycles. The molecule has 0 nitrogen and oxygen atoms in total. The van der Waals surface area contributed by atoms with Gasteiger partial charge in [0.25, 0.3) is 0 Å². The van der Waals surface area contributed by atoms with Gasteiger partial charge in [-0.3, -0.25) is 0 Å². The van der Waals surface area contributed by atoms with Crippen molar-refractivity contribution in [2.24, 2.45) is 0 Å². The van der Waals surface area contributed by atoms with Crippen LogP contribution in [0.15, 0.2) is 22.8 Å². The molecule has 0 aromatic carbocycles. The van der Waals surface area contributed by atoms with E-state index >= 15 is 0 Å². The molecule has 0 heterocycles. The molecule has 1 radical (unpaired) electrons. The van der Waals surface area contributed by atoms with E-state index in [9.17, 15) is 0 Å². The number of rotatable bonds is 2. The van der Waals surface area contributed by atoms with Crippen molar-refractivity contribution in [3.63, 3.8) is 0 Å². The molecule has 2 unspecified atom stereocenters. The predicted molar refractivity (Wildman–Crippen MR) is 48.9 cm³/mol. The zero-order valence-corrected chi connectivity index (χ0v) is 7.73. The highest BCUT2D eigenvalue weighted by Crippen LogP contribution is 2.35. The van der Waals surface area contributed by atoms with Gasteiger partial charge in [-0.25, -0.2) is 0 Å². The van der Waals surface area contributed by atoms with Gasteiger partial charge in [0, 0.05) is 6.42 Å². The Morgan fingerprint density at radius 3 is 2.11 bits per heavy atom. The molecule has 2 atom stereocenters. The van der Waals surface area contributed by atoms with Crippen LogP contribution in [0, 0.1) is 6.42 Å². The van der Waals surface area contributed by atoms with E-state index in [4.69, 9.17) is 0 Å². The first kappa shape index (κ1) is 7.45. The van der Waals surface area contributed by atoms with E-state index in [0.717, 1.165) is 17.2 Å². The molecule has 0 amide bonds. The summed E-state index contributed by atoms with van der Waals surface area (Å²) in [5.41, 5.74) is 0. The summed E-state index contributed by atoms with van der Waals surface area (Å²) in [4.78, 5) is 0. The van der Waals surface area contributed by atoms with Crippen molar-refractivity contribution in [1.29, 1.82) is 0 Å². The average Bonchev–Trinajstić information content (AvgIpc) is 2.34. The smallest absolute Gasteiger partial charge is 0.0133 e. The first-order valence-electron chi connectivity index (χ1n) is 2.99. The Kier molecular flexibility index (Phi) is 2.89. The lowest BCUT2D eigenvalue weighted by Gasteiger charge is -1.90. The molecule has 0 N–H and O–H groups in total. The number of hydrogen-bond acceptors (Lipinski definition) is 0. The lowest BCUT2D eigenvalue weighted by molar-refractivity contribution is 1.80. The van der Waals surface area contributed by atoms with Crippen LogP contribution < -0.4 is 0 Å². The van der Waals surface area contributed by atoms with Crippen LogP contribution in [0.5, 0.6) is 0 Å². The summed E-state index contributed by atoms with van der Waals surface area (Å²) < 4.78 is 0. The zero-order chi connectivity index (χ0) is 6.69. The van der Waals surface area contributed by atoms with Crippen molar-refractivity contribution >= 4 is 17.2 Å². The van der Waals surface area contributed by atoms with E-state index in [1.54, 1.807) is 0 Å². The summed E-state index contributed by atoms with van der Waals surface area (Å²) >= 11 is 0. The van der Waals surface area contributed by atoms with Gasteiger partial charge < -0.3 is 0 Å². The Morgan fingerprint density at radius 2 is 1.78 bits per heavy atom. The lowest BCUT2D eigenvalue weighted by Crippen LogP contribution is -1.60. The summed E-state index contributed by atoms with van der Waals surface area (Å²) in [6, 6.07) is 0. The maximum absolute atomic E-state index is 2.30. The predicted octanol–water partition coefficient (Wildman–Crippen LogP) is 2.59. The molecule has 1 aliphatic rings. The maximum atomic E-state index is 2.30. The van der Waals surface area contributed by atoms with Crippen LogP contribution in [0.1, 0.15) is 0 Å². The third-order valence-electron chi connectivity index (χ3n) is 1.33. The second kappa shape index (κ2) is 3.49. The largest absolute Gasteiger partial charge is 0.0973 e. The van der Waals surface area contributed by atoms with Crippen molar-refractivity contribution in [2.75, 3.05) is 13.3 Å². The van der Waals surface area contributed by atoms with Crippen LogP contribution in [-0.2, 0) is 0 Å². The van der Waals surface area contributed by atoms with E-state index in [1.165, 1.54) is 10.6 Å². The molecule has 1 aliphatic carbocycles. The Labute approximate surface area is 60.4 Å². The van der Waals surface area contributed by atoms with E-state index < -0.39 is 0 Å². The molecule has 49 valence electrons. The van der Waals surface area contributed by atoms with Gasteiger partial charge in [0.2, 0.25) is 0 Å². The highest BCUT2D eigenvalue weighted by atomic mass is 31.1. The van der Waals surface area contributed by atoms with Crippen LogP contribution in [0.2, 0.25) is 0 Å². The third-order valence-corrected chi connectivity index (χ3v) is 3.11. The summed E-state index contributed by atoms with van der Waals surface area (Å²) in [5.74, 6) is 0. The zero-order valence-electron chi connectivity index (χ0n) is 5.73. The molecule has 0 aromatic rings. The van der Waals surface area contributed by atoms with Gasteiger partial charge >= 0.3 is 0 Å². The van der Waals surface area contributed by atoms with Gasteiger partial charge in [-0.05, 0) is 24.0 Å². The van der Waals surface area contributed by atoms with E-state index in [-0.39, 0.29) is 0 Å². The Morgan fingerprint density at radius 1 is 1.11 bits per heavy atom. The average molecular weight is 157 g/mol. The second-order valence-corrected chi connectivity index (χ2v) is 4.04. The van der Waals surface area contributed by atoms with Crippen LogP contribution in [0.25, 0.3) is 0 Å². The quantitative estimate of drug-likeness (QED) is 0.540. The van der Waals surface area contributed by atoms with Crippen LogP contribution in [0.3, 0.4) is 0 Å².